The molecule has 1 N–H and O–H groups in total. The van der Waals surface area contributed by atoms with Crippen molar-refractivity contribution in [3.05, 3.63) is 29.8 Å². The van der Waals surface area contributed by atoms with Gasteiger partial charge in [-0.25, -0.2) is 4.79 Å². The summed E-state index contributed by atoms with van der Waals surface area (Å²) in [5.74, 6) is -1.39. The van der Waals surface area contributed by atoms with E-state index >= 15 is 0 Å². The van der Waals surface area contributed by atoms with Crippen molar-refractivity contribution >= 4 is 17.8 Å². The lowest BCUT2D eigenvalue weighted by Crippen LogP contribution is -2.44. The van der Waals surface area contributed by atoms with Crippen molar-refractivity contribution in [2.24, 2.45) is 0 Å². The zero-order valence-corrected chi connectivity index (χ0v) is 16.9. The number of benzene rings is 1. The summed E-state index contributed by atoms with van der Waals surface area (Å²) in [7, 11) is 0. The van der Waals surface area contributed by atoms with E-state index in [1.54, 1.807) is 26.0 Å². The van der Waals surface area contributed by atoms with Gasteiger partial charge in [0.25, 0.3) is 0 Å². The maximum Gasteiger partial charge on any atom is 0.387 e. The number of hydrogen-bond donors (Lipinski definition) is 1. The van der Waals surface area contributed by atoms with Gasteiger partial charge in [-0.1, -0.05) is 12.1 Å². The Balaban J connectivity index is 1.89. The second-order valence-corrected chi connectivity index (χ2v) is 6.63. The van der Waals surface area contributed by atoms with E-state index in [1.807, 2.05) is 4.90 Å². The average Bonchev–Trinajstić information content (AvgIpc) is 3.44. The van der Waals surface area contributed by atoms with Gasteiger partial charge < -0.3 is 19.5 Å². The van der Waals surface area contributed by atoms with Crippen LogP contribution in [0.4, 0.5) is 8.78 Å². The Morgan fingerprint density at radius 3 is 2.60 bits per heavy atom. The van der Waals surface area contributed by atoms with Gasteiger partial charge in [-0.05, 0) is 38.0 Å². The number of rotatable bonds is 12. The van der Waals surface area contributed by atoms with Gasteiger partial charge >= 0.3 is 18.6 Å². The van der Waals surface area contributed by atoms with Crippen LogP contribution in [0.25, 0.3) is 0 Å². The Labute approximate surface area is 173 Å². The van der Waals surface area contributed by atoms with E-state index in [2.05, 4.69) is 10.1 Å². The lowest BCUT2D eigenvalue weighted by molar-refractivity contribution is -0.148. The lowest BCUT2D eigenvalue weighted by atomic mass is 10.1. The molecule has 1 fully saturated rings. The summed E-state index contributed by atoms with van der Waals surface area (Å²) in [5, 5.41) is 2.63. The van der Waals surface area contributed by atoms with E-state index < -0.39 is 30.6 Å². The first-order valence-electron chi connectivity index (χ1n) is 9.74. The zero-order valence-electron chi connectivity index (χ0n) is 16.9. The first-order chi connectivity index (χ1) is 14.3. The predicted octanol–water partition coefficient (Wildman–Crippen LogP) is 1.86. The van der Waals surface area contributed by atoms with Crippen molar-refractivity contribution in [2.45, 2.75) is 51.9 Å². The van der Waals surface area contributed by atoms with Crippen molar-refractivity contribution in [2.75, 3.05) is 19.8 Å². The third-order valence-electron chi connectivity index (χ3n) is 4.36. The number of nitrogens with one attached hydrogen (secondary N) is 1. The molecule has 0 saturated carbocycles. The van der Waals surface area contributed by atoms with Crippen LogP contribution in [0, 0.1) is 0 Å². The van der Waals surface area contributed by atoms with Gasteiger partial charge in [0, 0.05) is 19.5 Å². The Kier molecular flexibility index (Phi) is 8.97. The molecule has 3 atom stereocenters. The van der Waals surface area contributed by atoms with Crippen LogP contribution >= 0.6 is 0 Å². The maximum atomic E-state index is 12.5. The second kappa shape index (κ2) is 11.4. The first-order valence-corrected chi connectivity index (χ1v) is 9.74. The first kappa shape index (κ1) is 23.5. The molecular weight excluding hydrogens is 402 g/mol. The molecule has 1 saturated heterocycles. The number of amides is 1. The zero-order chi connectivity index (χ0) is 22.1. The van der Waals surface area contributed by atoms with E-state index in [9.17, 15) is 23.2 Å². The summed E-state index contributed by atoms with van der Waals surface area (Å²) < 4.78 is 38.9. The molecule has 1 aliphatic rings. The Hall–Kier alpha value is -2.75. The highest BCUT2D eigenvalue weighted by molar-refractivity contribution is 5.89. The van der Waals surface area contributed by atoms with E-state index in [0.29, 0.717) is 18.7 Å². The fourth-order valence-corrected chi connectivity index (χ4v) is 2.91. The van der Waals surface area contributed by atoms with E-state index in [1.165, 1.54) is 12.1 Å². The van der Waals surface area contributed by atoms with Gasteiger partial charge in [0.15, 0.2) is 0 Å². The molecule has 0 radical (unpaired) electrons. The van der Waals surface area contributed by atoms with Gasteiger partial charge in [0.2, 0.25) is 5.91 Å². The highest BCUT2D eigenvalue weighted by atomic mass is 19.3. The fourth-order valence-electron chi connectivity index (χ4n) is 2.91. The number of nitrogens with zero attached hydrogens (tertiary/aromatic N) is 1. The van der Waals surface area contributed by atoms with E-state index in [0.717, 1.165) is 0 Å². The largest absolute Gasteiger partial charge is 0.466 e. The topological polar surface area (TPSA) is 93.9 Å². The fraction of sp³-hybridized carbons (Fsp3) is 0.550. The summed E-state index contributed by atoms with van der Waals surface area (Å²) in [6.45, 7) is 1.63. The van der Waals surface area contributed by atoms with Crippen LogP contribution in [0.1, 0.15) is 32.3 Å². The quantitative estimate of drug-likeness (QED) is 0.401. The maximum absolute atomic E-state index is 12.5. The summed E-state index contributed by atoms with van der Waals surface area (Å²) in [4.78, 5) is 38.0. The van der Waals surface area contributed by atoms with Gasteiger partial charge in [0.05, 0.1) is 13.2 Å². The molecule has 0 bridgehead atoms. The van der Waals surface area contributed by atoms with Crippen LogP contribution in [0.5, 0.6) is 5.75 Å². The molecule has 3 unspecified atom stereocenters. The molecule has 2 rings (SSSR count). The number of esters is 2. The molecule has 1 aromatic rings. The summed E-state index contributed by atoms with van der Waals surface area (Å²) >= 11 is 0. The molecule has 30 heavy (non-hydrogen) atoms. The van der Waals surface area contributed by atoms with Crippen molar-refractivity contribution in [3.8, 4) is 5.75 Å². The van der Waals surface area contributed by atoms with Crippen LogP contribution in [-0.4, -0.2) is 61.2 Å². The number of carbonyl (C=O) groups excluding carboxylic acids is 3. The Morgan fingerprint density at radius 2 is 1.93 bits per heavy atom. The SMILES string of the molecule is CCOC(=O)CCC(NC(=O)C1CN1Cc1cccc(OC(F)F)c1)C(=O)OCC. The minimum Gasteiger partial charge on any atom is -0.466 e. The van der Waals surface area contributed by atoms with Crippen molar-refractivity contribution in [1.29, 1.82) is 0 Å². The molecule has 1 heterocycles. The van der Waals surface area contributed by atoms with E-state index in [4.69, 9.17) is 9.47 Å². The van der Waals surface area contributed by atoms with Crippen LogP contribution < -0.4 is 10.1 Å². The van der Waals surface area contributed by atoms with Gasteiger partial charge in [-0.2, -0.15) is 8.78 Å². The molecule has 8 nitrogen and oxygen atoms in total. The minimum absolute atomic E-state index is 0.0249. The highest BCUT2D eigenvalue weighted by Gasteiger charge is 2.41. The molecular formula is C20H26F2N2O6. The van der Waals surface area contributed by atoms with Crippen LogP contribution in [0.2, 0.25) is 0 Å². The monoisotopic (exact) mass is 428 g/mol. The van der Waals surface area contributed by atoms with Crippen molar-refractivity contribution in [1.82, 2.24) is 10.2 Å². The van der Waals surface area contributed by atoms with Crippen LogP contribution in [0.15, 0.2) is 24.3 Å². The molecule has 1 amide bonds. The van der Waals surface area contributed by atoms with Gasteiger partial charge in [-0.3, -0.25) is 14.5 Å². The normalized spacial score (nSPS) is 18.4. The molecule has 0 aromatic heterocycles. The van der Waals surface area contributed by atoms with Gasteiger partial charge in [0.1, 0.15) is 17.8 Å². The smallest absolute Gasteiger partial charge is 0.387 e. The van der Waals surface area contributed by atoms with Crippen molar-refractivity contribution in [3.63, 3.8) is 0 Å². The average molecular weight is 428 g/mol. The number of alkyl halides is 2. The number of hydrogen-bond acceptors (Lipinski definition) is 7. The van der Waals surface area contributed by atoms with Crippen LogP contribution in [-0.2, 0) is 30.4 Å². The Bertz CT molecular complexity index is 746. The van der Waals surface area contributed by atoms with Gasteiger partial charge in [-0.15, -0.1) is 0 Å². The molecule has 1 aliphatic heterocycles. The third kappa shape index (κ3) is 7.58. The molecule has 0 spiro atoms. The Morgan fingerprint density at radius 1 is 1.20 bits per heavy atom. The number of halogens is 2. The number of carbonyl (C=O) groups is 3. The minimum atomic E-state index is -2.91. The predicted molar refractivity (Wildman–Crippen MR) is 102 cm³/mol. The lowest BCUT2D eigenvalue weighted by Gasteiger charge is -2.17. The molecule has 166 valence electrons. The third-order valence-corrected chi connectivity index (χ3v) is 4.36. The van der Waals surface area contributed by atoms with E-state index in [-0.39, 0.29) is 37.7 Å². The molecule has 1 aromatic carbocycles. The summed E-state index contributed by atoms with van der Waals surface area (Å²) in [5.41, 5.74) is 0.715. The molecule has 10 heteroatoms. The molecule has 0 aliphatic carbocycles. The van der Waals surface area contributed by atoms with Crippen LogP contribution in [0.3, 0.4) is 0 Å². The van der Waals surface area contributed by atoms with Crippen molar-refractivity contribution < 1.29 is 37.4 Å². The standard InChI is InChI=1S/C20H26F2N2O6/c1-3-28-17(25)9-8-15(19(27)29-4-2)23-18(26)16-12-24(16)11-13-6-5-7-14(10-13)30-20(21)22/h5-7,10,15-16,20H,3-4,8-9,11-12H2,1-2H3,(H,23,26). The highest BCUT2D eigenvalue weighted by Crippen LogP contribution is 2.24. The summed E-state index contributed by atoms with van der Waals surface area (Å²) in [6.07, 6.45) is 0.0477. The number of ether oxygens (including phenoxy) is 3. The summed E-state index contributed by atoms with van der Waals surface area (Å²) in [6, 6.07) is 4.84. The second-order valence-electron chi connectivity index (χ2n) is 6.63.